The Bertz CT molecular complexity index is 774. The third-order valence-electron chi connectivity index (χ3n) is 3.46. The van der Waals surface area contributed by atoms with Gasteiger partial charge in [0.25, 0.3) is 0 Å². The largest absolute Gasteiger partial charge is 0.369 e. The van der Waals surface area contributed by atoms with E-state index in [2.05, 4.69) is 31.0 Å². The maximum atomic E-state index is 6.06. The van der Waals surface area contributed by atoms with Crippen molar-refractivity contribution < 1.29 is 0 Å². The number of aromatic nitrogens is 2. The molecule has 0 unspecified atom stereocenters. The van der Waals surface area contributed by atoms with Gasteiger partial charge in [0, 0.05) is 5.02 Å². The molecule has 1 aromatic heterocycles. The van der Waals surface area contributed by atoms with Gasteiger partial charge < -0.3 is 5.73 Å². The first-order chi connectivity index (χ1) is 9.08. The van der Waals surface area contributed by atoms with Gasteiger partial charge in [-0.3, -0.25) is 4.57 Å². The molecule has 19 heavy (non-hydrogen) atoms. The first-order valence-corrected chi connectivity index (χ1v) is 6.46. The van der Waals surface area contributed by atoms with Crippen LogP contribution >= 0.6 is 11.6 Å². The third kappa shape index (κ3) is 1.87. The van der Waals surface area contributed by atoms with Gasteiger partial charge in [-0.15, -0.1) is 0 Å². The number of anilines is 1. The molecule has 96 valence electrons. The molecule has 0 amide bonds. The average molecular weight is 272 g/mol. The van der Waals surface area contributed by atoms with Gasteiger partial charge in [-0.2, -0.15) is 0 Å². The third-order valence-corrected chi connectivity index (χ3v) is 3.69. The first kappa shape index (κ1) is 12.1. The van der Waals surface area contributed by atoms with Crippen LogP contribution in [0, 0.1) is 13.8 Å². The second-order valence-corrected chi connectivity index (χ2v) is 5.09. The summed E-state index contributed by atoms with van der Waals surface area (Å²) >= 11 is 5.99. The Kier molecular flexibility index (Phi) is 2.72. The summed E-state index contributed by atoms with van der Waals surface area (Å²) in [6, 6.07) is 11.8. The van der Waals surface area contributed by atoms with E-state index in [4.69, 9.17) is 17.3 Å². The summed E-state index contributed by atoms with van der Waals surface area (Å²) in [6.45, 7) is 4.18. The molecule has 2 aromatic carbocycles. The summed E-state index contributed by atoms with van der Waals surface area (Å²) in [4.78, 5) is 4.38. The molecule has 3 aromatic rings. The summed E-state index contributed by atoms with van der Waals surface area (Å²) < 4.78 is 1.97. The number of halogens is 1. The van der Waals surface area contributed by atoms with Crippen molar-refractivity contribution >= 4 is 28.6 Å². The lowest BCUT2D eigenvalue weighted by Crippen LogP contribution is -2.03. The van der Waals surface area contributed by atoms with Crippen molar-refractivity contribution in [1.29, 1.82) is 0 Å². The fourth-order valence-corrected chi connectivity index (χ4v) is 2.47. The molecule has 0 atom stereocenters. The van der Waals surface area contributed by atoms with Crippen LogP contribution < -0.4 is 5.73 Å². The van der Waals surface area contributed by atoms with Crippen LogP contribution in [-0.4, -0.2) is 9.55 Å². The SMILES string of the molecule is Cc1cccc(-n2c(N)nc3cc(Cl)ccc32)c1C. The molecule has 0 saturated heterocycles. The van der Waals surface area contributed by atoms with E-state index in [9.17, 15) is 0 Å². The van der Waals surface area contributed by atoms with Gasteiger partial charge in [-0.25, -0.2) is 4.98 Å². The summed E-state index contributed by atoms with van der Waals surface area (Å²) in [5.41, 5.74) is 11.3. The Morgan fingerprint density at radius 2 is 1.95 bits per heavy atom. The highest BCUT2D eigenvalue weighted by atomic mass is 35.5. The van der Waals surface area contributed by atoms with Crippen molar-refractivity contribution in [2.75, 3.05) is 5.73 Å². The predicted molar refractivity (Wildman–Crippen MR) is 80.0 cm³/mol. The fraction of sp³-hybridized carbons (Fsp3) is 0.133. The number of hydrogen-bond acceptors (Lipinski definition) is 2. The molecule has 0 aliphatic heterocycles. The Morgan fingerprint density at radius 3 is 2.74 bits per heavy atom. The lowest BCUT2D eigenvalue weighted by atomic mass is 10.1. The Hall–Kier alpha value is -2.00. The zero-order valence-corrected chi connectivity index (χ0v) is 11.6. The van der Waals surface area contributed by atoms with Crippen molar-refractivity contribution in [2.24, 2.45) is 0 Å². The standard InChI is InChI=1S/C15H14ClN3/c1-9-4-3-5-13(10(9)2)19-14-7-6-11(16)8-12(14)18-15(19)17/h3-8H,1-2H3,(H2,17,18). The van der Waals surface area contributed by atoms with Crippen LogP contribution in [0.25, 0.3) is 16.7 Å². The molecule has 1 heterocycles. The number of fused-ring (bicyclic) bond motifs is 1. The van der Waals surface area contributed by atoms with Crippen molar-refractivity contribution in [2.45, 2.75) is 13.8 Å². The van der Waals surface area contributed by atoms with Gasteiger partial charge in [0.1, 0.15) is 0 Å². The van der Waals surface area contributed by atoms with Crippen molar-refractivity contribution in [3.8, 4) is 5.69 Å². The number of hydrogen-bond donors (Lipinski definition) is 1. The van der Waals surface area contributed by atoms with Crippen LogP contribution in [0.5, 0.6) is 0 Å². The molecule has 3 rings (SSSR count). The molecule has 4 heteroatoms. The summed E-state index contributed by atoms with van der Waals surface area (Å²) in [5.74, 6) is 0.478. The van der Waals surface area contributed by atoms with Crippen molar-refractivity contribution in [1.82, 2.24) is 9.55 Å². The highest BCUT2D eigenvalue weighted by molar-refractivity contribution is 6.31. The molecule has 0 spiro atoms. The topological polar surface area (TPSA) is 43.8 Å². The van der Waals surface area contributed by atoms with Crippen LogP contribution in [-0.2, 0) is 0 Å². The lowest BCUT2D eigenvalue weighted by molar-refractivity contribution is 1.08. The normalized spacial score (nSPS) is 11.1. The minimum atomic E-state index is 0.478. The first-order valence-electron chi connectivity index (χ1n) is 6.08. The van der Waals surface area contributed by atoms with E-state index in [1.165, 1.54) is 11.1 Å². The molecule has 3 nitrogen and oxygen atoms in total. The van der Waals surface area contributed by atoms with E-state index < -0.39 is 0 Å². The smallest absolute Gasteiger partial charge is 0.205 e. The summed E-state index contributed by atoms with van der Waals surface area (Å²) in [7, 11) is 0. The van der Waals surface area contributed by atoms with Gasteiger partial charge in [0.15, 0.2) is 0 Å². The monoisotopic (exact) mass is 271 g/mol. The summed E-state index contributed by atoms with van der Waals surface area (Å²) in [5, 5.41) is 0.665. The number of nitrogens with zero attached hydrogens (tertiary/aromatic N) is 2. The number of benzene rings is 2. The van der Waals surface area contributed by atoms with E-state index in [1.54, 1.807) is 0 Å². The average Bonchev–Trinajstić information content (AvgIpc) is 2.68. The van der Waals surface area contributed by atoms with Crippen molar-refractivity contribution in [3.05, 3.63) is 52.5 Å². The van der Waals surface area contributed by atoms with E-state index in [1.807, 2.05) is 28.8 Å². The van der Waals surface area contributed by atoms with Crippen LogP contribution in [0.4, 0.5) is 5.95 Å². The number of nitrogens with two attached hydrogens (primary N) is 1. The van der Waals surface area contributed by atoms with E-state index >= 15 is 0 Å². The van der Waals surface area contributed by atoms with Crippen molar-refractivity contribution in [3.63, 3.8) is 0 Å². The number of nitrogen functional groups attached to an aromatic ring is 1. The Labute approximate surface area is 116 Å². The van der Waals surface area contributed by atoms with Gasteiger partial charge >= 0.3 is 0 Å². The molecule has 2 N–H and O–H groups in total. The van der Waals surface area contributed by atoms with Gasteiger partial charge in [-0.05, 0) is 49.2 Å². The van der Waals surface area contributed by atoms with Crippen LogP contribution in [0.1, 0.15) is 11.1 Å². The number of rotatable bonds is 1. The fourth-order valence-electron chi connectivity index (χ4n) is 2.30. The molecule has 0 bridgehead atoms. The maximum Gasteiger partial charge on any atom is 0.205 e. The van der Waals surface area contributed by atoms with Crippen LogP contribution in [0.3, 0.4) is 0 Å². The Balaban J connectivity index is 2.36. The molecular weight excluding hydrogens is 258 g/mol. The van der Waals surface area contributed by atoms with E-state index in [-0.39, 0.29) is 0 Å². The molecule has 0 saturated carbocycles. The summed E-state index contributed by atoms with van der Waals surface area (Å²) in [6.07, 6.45) is 0. The minimum absolute atomic E-state index is 0.478. The zero-order chi connectivity index (χ0) is 13.6. The highest BCUT2D eigenvalue weighted by Gasteiger charge is 2.12. The molecule has 0 aliphatic carbocycles. The van der Waals surface area contributed by atoms with E-state index in [0.717, 1.165) is 16.7 Å². The minimum Gasteiger partial charge on any atom is -0.369 e. The quantitative estimate of drug-likeness (QED) is 0.730. The predicted octanol–water partition coefficient (Wildman–Crippen LogP) is 3.88. The Morgan fingerprint density at radius 1 is 1.16 bits per heavy atom. The molecule has 0 radical (unpaired) electrons. The molecule has 0 aliphatic rings. The second kappa shape index (κ2) is 4.28. The van der Waals surface area contributed by atoms with Crippen LogP contribution in [0.15, 0.2) is 36.4 Å². The highest BCUT2D eigenvalue weighted by Crippen LogP contribution is 2.27. The number of imidazole rings is 1. The second-order valence-electron chi connectivity index (χ2n) is 4.66. The zero-order valence-electron chi connectivity index (χ0n) is 10.8. The maximum absolute atomic E-state index is 6.06. The molecule has 0 fully saturated rings. The van der Waals surface area contributed by atoms with Crippen LogP contribution in [0.2, 0.25) is 5.02 Å². The van der Waals surface area contributed by atoms with Gasteiger partial charge in [-0.1, -0.05) is 23.7 Å². The number of aryl methyl sites for hydroxylation is 1. The lowest BCUT2D eigenvalue weighted by Gasteiger charge is -2.11. The molecular formula is C15H14ClN3. The van der Waals surface area contributed by atoms with Gasteiger partial charge in [0.05, 0.1) is 16.7 Å². The van der Waals surface area contributed by atoms with Gasteiger partial charge in [0.2, 0.25) is 5.95 Å². The van der Waals surface area contributed by atoms with E-state index in [0.29, 0.717) is 11.0 Å².